The largest absolute Gasteiger partial charge is 0.506 e. The number of aromatic hydroxyl groups is 1. The van der Waals surface area contributed by atoms with Crippen LogP contribution in [-0.4, -0.2) is 17.2 Å². The van der Waals surface area contributed by atoms with Gasteiger partial charge in [0.05, 0.1) is 5.02 Å². The van der Waals surface area contributed by atoms with E-state index in [0.717, 1.165) is 0 Å². The molecule has 1 aromatic rings. The van der Waals surface area contributed by atoms with Crippen LogP contribution in [-0.2, 0) is 6.54 Å². The summed E-state index contributed by atoms with van der Waals surface area (Å²) in [6.07, 6.45) is 6.22. The lowest BCUT2D eigenvalue weighted by atomic mass is 9.78. The van der Waals surface area contributed by atoms with Crippen LogP contribution in [0.15, 0.2) is 18.2 Å². The Hall–Kier alpha value is -1.42. The van der Waals surface area contributed by atoms with Crippen LogP contribution >= 0.6 is 11.6 Å². The van der Waals surface area contributed by atoms with Crippen molar-refractivity contribution in [2.45, 2.75) is 44.7 Å². The second-order valence-electron chi connectivity index (χ2n) is 6.13. The molecule has 1 unspecified atom stereocenters. The molecule has 2 aliphatic rings. The molecular formula is C16H21ClN2O2. The van der Waals surface area contributed by atoms with E-state index in [4.69, 9.17) is 11.6 Å². The molecule has 0 aliphatic heterocycles. The van der Waals surface area contributed by atoms with Gasteiger partial charge in [0.1, 0.15) is 5.75 Å². The van der Waals surface area contributed by atoms with Crippen molar-refractivity contribution in [1.29, 1.82) is 0 Å². The van der Waals surface area contributed by atoms with Crippen LogP contribution in [0.2, 0.25) is 5.02 Å². The van der Waals surface area contributed by atoms with Gasteiger partial charge in [-0.1, -0.05) is 30.2 Å². The van der Waals surface area contributed by atoms with Crippen LogP contribution < -0.4 is 10.6 Å². The second-order valence-corrected chi connectivity index (χ2v) is 6.54. The number of benzene rings is 1. The fourth-order valence-corrected chi connectivity index (χ4v) is 3.15. The minimum atomic E-state index is -0.154. The van der Waals surface area contributed by atoms with Crippen LogP contribution in [0, 0.1) is 11.8 Å². The number of rotatable bonds is 5. The average Bonchev–Trinajstić information content (AvgIpc) is 3.22. The molecule has 0 bridgehead atoms. The SMILES string of the molecule is O=C(NCc1cccc(Cl)c1O)NC(C1CCC1)C1CC1. The maximum Gasteiger partial charge on any atom is 0.315 e. The quantitative estimate of drug-likeness (QED) is 0.780. The summed E-state index contributed by atoms with van der Waals surface area (Å²) in [5, 5.41) is 16.1. The van der Waals surface area contributed by atoms with Gasteiger partial charge in [0.15, 0.2) is 0 Å². The summed E-state index contributed by atoms with van der Waals surface area (Å²) in [7, 11) is 0. The number of hydrogen-bond donors (Lipinski definition) is 3. The fourth-order valence-electron chi connectivity index (χ4n) is 2.96. The average molecular weight is 309 g/mol. The summed E-state index contributed by atoms with van der Waals surface area (Å²) >= 11 is 5.85. The maximum absolute atomic E-state index is 12.1. The van der Waals surface area contributed by atoms with E-state index >= 15 is 0 Å². The minimum Gasteiger partial charge on any atom is -0.506 e. The maximum atomic E-state index is 12.1. The molecule has 0 saturated heterocycles. The monoisotopic (exact) mass is 308 g/mol. The third kappa shape index (κ3) is 3.43. The number of phenolic OH excluding ortho intramolecular Hbond substituents is 1. The van der Waals surface area contributed by atoms with E-state index < -0.39 is 0 Å². The van der Waals surface area contributed by atoms with Gasteiger partial charge in [-0.25, -0.2) is 4.79 Å². The zero-order chi connectivity index (χ0) is 14.8. The van der Waals surface area contributed by atoms with Gasteiger partial charge in [-0.3, -0.25) is 0 Å². The number of carbonyl (C=O) groups excluding carboxylic acids is 1. The molecule has 0 radical (unpaired) electrons. The molecule has 1 aromatic carbocycles. The Morgan fingerprint density at radius 3 is 2.62 bits per heavy atom. The molecule has 0 heterocycles. The topological polar surface area (TPSA) is 61.4 Å². The first-order chi connectivity index (χ1) is 10.1. The third-order valence-electron chi connectivity index (χ3n) is 4.60. The van der Waals surface area contributed by atoms with E-state index in [1.54, 1.807) is 18.2 Å². The van der Waals surface area contributed by atoms with E-state index in [9.17, 15) is 9.90 Å². The Labute approximate surface area is 129 Å². The molecule has 0 aromatic heterocycles. The normalized spacial score (nSPS) is 19.7. The summed E-state index contributed by atoms with van der Waals surface area (Å²) in [5.41, 5.74) is 0.629. The van der Waals surface area contributed by atoms with Crippen molar-refractivity contribution in [2.75, 3.05) is 0 Å². The molecule has 3 N–H and O–H groups in total. The van der Waals surface area contributed by atoms with Crippen molar-refractivity contribution in [3.8, 4) is 5.75 Å². The molecule has 2 amide bonds. The molecule has 3 rings (SSSR count). The number of nitrogens with one attached hydrogen (secondary N) is 2. The molecule has 4 nitrogen and oxygen atoms in total. The number of halogens is 1. The van der Waals surface area contributed by atoms with Gasteiger partial charge in [-0.15, -0.1) is 0 Å². The van der Waals surface area contributed by atoms with Gasteiger partial charge in [0.2, 0.25) is 0 Å². The zero-order valence-electron chi connectivity index (χ0n) is 11.9. The Morgan fingerprint density at radius 2 is 2.00 bits per heavy atom. The van der Waals surface area contributed by atoms with E-state index in [0.29, 0.717) is 28.5 Å². The third-order valence-corrected chi connectivity index (χ3v) is 4.90. The van der Waals surface area contributed by atoms with Gasteiger partial charge < -0.3 is 15.7 Å². The summed E-state index contributed by atoms with van der Waals surface area (Å²) < 4.78 is 0. The highest BCUT2D eigenvalue weighted by atomic mass is 35.5. The zero-order valence-corrected chi connectivity index (χ0v) is 12.7. The van der Waals surface area contributed by atoms with Gasteiger partial charge in [-0.05, 0) is 43.6 Å². The smallest absolute Gasteiger partial charge is 0.315 e. The van der Waals surface area contributed by atoms with Gasteiger partial charge in [0, 0.05) is 18.2 Å². The number of urea groups is 1. The molecule has 21 heavy (non-hydrogen) atoms. The molecule has 2 aliphatic carbocycles. The lowest BCUT2D eigenvalue weighted by molar-refractivity contribution is 0.196. The summed E-state index contributed by atoms with van der Waals surface area (Å²) in [6, 6.07) is 5.31. The molecule has 0 spiro atoms. The van der Waals surface area contributed by atoms with Crippen LogP contribution in [0.3, 0.4) is 0 Å². The predicted octanol–water partition coefficient (Wildman–Crippen LogP) is 3.42. The van der Waals surface area contributed by atoms with Gasteiger partial charge in [-0.2, -0.15) is 0 Å². The first kappa shape index (κ1) is 14.5. The Bertz CT molecular complexity index is 527. The predicted molar refractivity (Wildman–Crippen MR) is 82.3 cm³/mol. The summed E-state index contributed by atoms with van der Waals surface area (Å²) in [6.45, 7) is 0.278. The van der Waals surface area contributed by atoms with Crippen molar-refractivity contribution in [2.24, 2.45) is 11.8 Å². The Morgan fingerprint density at radius 1 is 1.29 bits per heavy atom. The number of amides is 2. The molecule has 2 saturated carbocycles. The molecule has 1 atom stereocenters. The van der Waals surface area contributed by atoms with Crippen molar-refractivity contribution in [1.82, 2.24) is 10.6 Å². The second kappa shape index (κ2) is 6.14. The standard InChI is InChI=1S/C16H21ClN2O2/c17-13-6-2-5-12(15(13)20)9-18-16(21)19-14(11-7-8-11)10-3-1-4-10/h2,5-6,10-11,14,20H,1,3-4,7-9H2,(H2,18,19,21). The highest BCUT2D eigenvalue weighted by Crippen LogP contribution is 2.42. The van der Waals surface area contributed by atoms with Crippen molar-refractivity contribution < 1.29 is 9.90 Å². The number of hydrogen-bond acceptors (Lipinski definition) is 2. The van der Waals surface area contributed by atoms with Crippen molar-refractivity contribution in [3.63, 3.8) is 0 Å². The van der Waals surface area contributed by atoms with Crippen molar-refractivity contribution in [3.05, 3.63) is 28.8 Å². The Kier molecular flexibility index (Phi) is 4.24. The highest BCUT2D eigenvalue weighted by molar-refractivity contribution is 6.32. The molecule has 114 valence electrons. The summed E-state index contributed by atoms with van der Waals surface area (Å²) in [5.74, 6) is 1.36. The van der Waals surface area contributed by atoms with E-state index in [1.807, 2.05) is 0 Å². The van der Waals surface area contributed by atoms with Crippen LogP contribution in [0.4, 0.5) is 4.79 Å². The number of carbonyl (C=O) groups is 1. The van der Waals surface area contributed by atoms with Gasteiger partial charge in [0.25, 0.3) is 0 Å². The van der Waals surface area contributed by atoms with E-state index in [-0.39, 0.29) is 18.3 Å². The van der Waals surface area contributed by atoms with Crippen molar-refractivity contribution >= 4 is 17.6 Å². The minimum absolute atomic E-state index is 0.0391. The lowest BCUT2D eigenvalue weighted by Crippen LogP contribution is -2.48. The Balaban J connectivity index is 1.52. The number of phenols is 1. The first-order valence-corrected chi connectivity index (χ1v) is 8.03. The van der Waals surface area contributed by atoms with E-state index in [2.05, 4.69) is 10.6 Å². The summed E-state index contributed by atoms with van der Waals surface area (Å²) in [4.78, 5) is 12.1. The highest BCUT2D eigenvalue weighted by Gasteiger charge is 2.39. The molecule has 5 heteroatoms. The van der Waals surface area contributed by atoms with E-state index in [1.165, 1.54) is 32.1 Å². The molecular weight excluding hydrogens is 288 g/mol. The molecule has 2 fully saturated rings. The van der Waals surface area contributed by atoms with Gasteiger partial charge >= 0.3 is 6.03 Å². The first-order valence-electron chi connectivity index (χ1n) is 7.66. The van der Waals surface area contributed by atoms with Crippen LogP contribution in [0.1, 0.15) is 37.7 Å². The number of para-hydroxylation sites is 1. The van der Waals surface area contributed by atoms with Crippen LogP contribution in [0.25, 0.3) is 0 Å². The lowest BCUT2D eigenvalue weighted by Gasteiger charge is -2.34. The van der Waals surface area contributed by atoms with Crippen LogP contribution in [0.5, 0.6) is 5.75 Å². The fraction of sp³-hybridized carbons (Fsp3) is 0.562.